The van der Waals surface area contributed by atoms with E-state index in [4.69, 9.17) is 0 Å². The molecule has 0 radical (unpaired) electrons. The molecule has 8 heteroatoms. The number of aromatic nitrogens is 1. The minimum absolute atomic E-state index is 0.0818. The summed E-state index contributed by atoms with van der Waals surface area (Å²) in [6.07, 6.45) is 0.677. The minimum atomic E-state index is -0.604. The molecule has 23 heavy (non-hydrogen) atoms. The Morgan fingerprint density at radius 1 is 1.39 bits per heavy atom. The number of ether oxygens (including phenoxy) is 1. The molecule has 1 aromatic rings. The van der Waals surface area contributed by atoms with Gasteiger partial charge in [-0.25, -0.2) is 4.98 Å². The highest BCUT2D eigenvalue weighted by molar-refractivity contribution is 7.13. The van der Waals surface area contributed by atoms with Gasteiger partial charge in [0, 0.05) is 13.1 Å². The van der Waals surface area contributed by atoms with E-state index >= 15 is 0 Å². The van der Waals surface area contributed by atoms with E-state index in [0.29, 0.717) is 24.4 Å². The molecular weight excluding hydrogens is 318 g/mol. The number of thiazole rings is 1. The average molecular weight is 339 g/mol. The number of rotatable bonds is 4. The van der Waals surface area contributed by atoms with Crippen molar-refractivity contribution in [3.05, 3.63) is 15.6 Å². The highest BCUT2D eigenvalue weighted by Gasteiger charge is 2.36. The van der Waals surface area contributed by atoms with Crippen LogP contribution in [-0.2, 0) is 20.7 Å². The monoisotopic (exact) mass is 339 g/mol. The number of amides is 2. The molecule has 126 valence electrons. The molecule has 7 nitrogen and oxygen atoms in total. The van der Waals surface area contributed by atoms with Crippen molar-refractivity contribution >= 4 is 29.1 Å². The number of esters is 1. The van der Waals surface area contributed by atoms with Crippen LogP contribution in [0.3, 0.4) is 0 Å². The first-order valence-corrected chi connectivity index (χ1v) is 8.33. The number of piperazine rings is 1. The van der Waals surface area contributed by atoms with Crippen LogP contribution in [0.25, 0.3) is 0 Å². The van der Waals surface area contributed by atoms with Gasteiger partial charge in [-0.15, -0.1) is 11.3 Å². The number of hydrogen-bond acceptors (Lipinski definition) is 6. The van der Waals surface area contributed by atoms with Crippen LogP contribution in [-0.4, -0.2) is 65.4 Å². The lowest BCUT2D eigenvalue weighted by Gasteiger charge is -2.38. The van der Waals surface area contributed by atoms with Crippen molar-refractivity contribution < 1.29 is 19.1 Å². The molecule has 2 rings (SSSR count). The third kappa shape index (κ3) is 3.52. The standard InChI is InChI=1S/C15H21N3O4S/c1-5-11-13(23-10(3)16-11)15(21)18-7-6-17(8-12(19)22-4)14(20)9(18)2/h9H,5-8H2,1-4H3/t9-/m0/s1. The Morgan fingerprint density at radius 3 is 2.70 bits per heavy atom. The number of hydrogen-bond donors (Lipinski definition) is 0. The molecule has 0 N–H and O–H groups in total. The summed E-state index contributed by atoms with van der Waals surface area (Å²) in [6.45, 7) is 6.13. The highest BCUT2D eigenvalue weighted by Crippen LogP contribution is 2.23. The Hall–Kier alpha value is -1.96. The SMILES string of the molecule is CCc1nc(C)sc1C(=O)N1CCN(CC(=O)OC)C(=O)[C@@H]1C. The molecule has 0 bridgehead atoms. The smallest absolute Gasteiger partial charge is 0.325 e. The van der Waals surface area contributed by atoms with Gasteiger partial charge in [0.2, 0.25) is 5.91 Å². The highest BCUT2D eigenvalue weighted by atomic mass is 32.1. The molecule has 1 saturated heterocycles. The molecule has 1 aliphatic rings. The zero-order valence-corrected chi connectivity index (χ0v) is 14.6. The summed E-state index contributed by atoms with van der Waals surface area (Å²) in [4.78, 5) is 44.5. The van der Waals surface area contributed by atoms with E-state index in [0.717, 1.165) is 10.7 Å². The van der Waals surface area contributed by atoms with Crippen molar-refractivity contribution in [1.82, 2.24) is 14.8 Å². The van der Waals surface area contributed by atoms with Crippen LogP contribution >= 0.6 is 11.3 Å². The Kier molecular flexibility index (Phi) is 5.35. The minimum Gasteiger partial charge on any atom is -0.468 e. The van der Waals surface area contributed by atoms with Gasteiger partial charge in [0.15, 0.2) is 0 Å². The summed E-state index contributed by atoms with van der Waals surface area (Å²) >= 11 is 1.36. The Balaban J connectivity index is 2.14. The van der Waals surface area contributed by atoms with Gasteiger partial charge in [-0.1, -0.05) is 6.92 Å². The average Bonchev–Trinajstić information content (AvgIpc) is 2.92. The van der Waals surface area contributed by atoms with E-state index < -0.39 is 12.0 Å². The lowest BCUT2D eigenvalue weighted by Crippen LogP contribution is -2.58. The Bertz CT molecular complexity index is 628. The largest absolute Gasteiger partial charge is 0.468 e. The Labute approximate surface area is 139 Å². The van der Waals surface area contributed by atoms with Gasteiger partial charge in [-0.2, -0.15) is 0 Å². The van der Waals surface area contributed by atoms with Gasteiger partial charge in [0.1, 0.15) is 17.5 Å². The molecule has 2 amide bonds. The van der Waals surface area contributed by atoms with Crippen LogP contribution in [0.5, 0.6) is 0 Å². The van der Waals surface area contributed by atoms with Gasteiger partial charge in [0.05, 0.1) is 17.8 Å². The van der Waals surface area contributed by atoms with Crippen molar-refractivity contribution in [2.24, 2.45) is 0 Å². The fraction of sp³-hybridized carbons (Fsp3) is 0.600. The lowest BCUT2D eigenvalue weighted by atomic mass is 10.1. The molecule has 0 aliphatic carbocycles. The third-order valence-electron chi connectivity index (χ3n) is 3.89. The molecule has 0 spiro atoms. The molecule has 1 fully saturated rings. The van der Waals surface area contributed by atoms with Crippen LogP contribution in [0.4, 0.5) is 0 Å². The van der Waals surface area contributed by atoms with E-state index in [1.807, 2.05) is 13.8 Å². The molecule has 0 saturated carbocycles. The van der Waals surface area contributed by atoms with Crippen molar-refractivity contribution in [3.63, 3.8) is 0 Å². The van der Waals surface area contributed by atoms with Crippen LogP contribution in [0, 0.1) is 6.92 Å². The number of carbonyl (C=O) groups excluding carboxylic acids is 3. The molecule has 1 atom stereocenters. The molecule has 0 aromatic carbocycles. The van der Waals surface area contributed by atoms with Gasteiger partial charge in [-0.3, -0.25) is 14.4 Å². The maximum Gasteiger partial charge on any atom is 0.325 e. The topological polar surface area (TPSA) is 79.8 Å². The predicted octanol–water partition coefficient (Wildman–Crippen LogP) is 0.860. The third-order valence-corrected chi connectivity index (χ3v) is 4.89. The molecule has 0 unspecified atom stereocenters. The first-order chi connectivity index (χ1) is 10.9. The van der Waals surface area contributed by atoms with Crippen LogP contribution in [0.1, 0.15) is 34.2 Å². The Morgan fingerprint density at radius 2 is 2.09 bits per heavy atom. The van der Waals surface area contributed by atoms with E-state index in [1.165, 1.54) is 23.3 Å². The zero-order chi connectivity index (χ0) is 17.1. The summed E-state index contributed by atoms with van der Waals surface area (Å²) in [7, 11) is 1.29. The summed E-state index contributed by atoms with van der Waals surface area (Å²) in [5, 5.41) is 0.841. The first-order valence-electron chi connectivity index (χ1n) is 7.51. The van der Waals surface area contributed by atoms with E-state index in [2.05, 4.69) is 9.72 Å². The van der Waals surface area contributed by atoms with Crippen LogP contribution < -0.4 is 0 Å². The van der Waals surface area contributed by atoms with Crippen LogP contribution in [0.15, 0.2) is 0 Å². The normalized spacial score (nSPS) is 18.3. The van der Waals surface area contributed by atoms with Gasteiger partial charge in [-0.05, 0) is 20.3 Å². The van der Waals surface area contributed by atoms with E-state index in [-0.39, 0.29) is 18.4 Å². The second-order valence-electron chi connectivity index (χ2n) is 5.37. The number of methoxy groups -OCH3 is 1. The zero-order valence-electron chi connectivity index (χ0n) is 13.8. The molecule has 1 aromatic heterocycles. The quantitative estimate of drug-likeness (QED) is 0.760. The van der Waals surface area contributed by atoms with Gasteiger partial charge >= 0.3 is 5.97 Å². The fourth-order valence-electron chi connectivity index (χ4n) is 2.59. The lowest BCUT2D eigenvalue weighted by molar-refractivity contribution is -0.150. The first kappa shape index (κ1) is 17.4. The fourth-order valence-corrected chi connectivity index (χ4v) is 3.56. The molecule has 1 aliphatic heterocycles. The number of aryl methyl sites for hydroxylation is 2. The maximum atomic E-state index is 12.8. The second kappa shape index (κ2) is 7.08. The summed E-state index contributed by atoms with van der Waals surface area (Å²) < 4.78 is 4.59. The number of carbonyl (C=O) groups is 3. The van der Waals surface area contributed by atoms with E-state index in [1.54, 1.807) is 11.8 Å². The summed E-state index contributed by atoms with van der Waals surface area (Å²) in [5.74, 6) is -0.864. The van der Waals surface area contributed by atoms with Gasteiger partial charge < -0.3 is 14.5 Å². The van der Waals surface area contributed by atoms with Crippen molar-refractivity contribution in [2.75, 3.05) is 26.7 Å². The predicted molar refractivity (Wildman–Crippen MR) is 85.3 cm³/mol. The summed E-state index contributed by atoms with van der Waals surface area (Å²) in [6, 6.07) is -0.604. The van der Waals surface area contributed by atoms with Crippen molar-refractivity contribution in [3.8, 4) is 0 Å². The van der Waals surface area contributed by atoms with Gasteiger partial charge in [0.25, 0.3) is 5.91 Å². The van der Waals surface area contributed by atoms with Crippen LogP contribution in [0.2, 0.25) is 0 Å². The molecular formula is C15H21N3O4S. The van der Waals surface area contributed by atoms with Crippen molar-refractivity contribution in [2.45, 2.75) is 33.2 Å². The second-order valence-corrected chi connectivity index (χ2v) is 6.58. The van der Waals surface area contributed by atoms with E-state index in [9.17, 15) is 14.4 Å². The van der Waals surface area contributed by atoms with Crippen molar-refractivity contribution in [1.29, 1.82) is 0 Å². The maximum absolute atomic E-state index is 12.8. The molecule has 2 heterocycles. The number of nitrogens with zero attached hydrogens (tertiary/aromatic N) is 3. The summed E-state index contributed by atoms with van der Waals surface area (Å²) in [5.41, 5.74) is 0.772.